The molecule has 2 N–H and O–H groups in total. The minimum atomic E-state index is -0.706. The number of benzene rings is 1. The van der Waals surface area contributed by atoms with Gasteiger partial charge in [0, 0.05) is 12.1 Å². The van der Waals surface area contributed by atoms with Crippen molar-refractivity contribution in [1.29, 1.82) is 0 Å². The minimum Gasteiger partial charge on any atom is -0.348 e. The Balaban J connectivity index is 2.01. The Labute approximate surface area is 111 Å². The molecule has 2 atom stereocenters. The van der Waals surface area contributed by atoms with Crippen LogP contribution in [0.3, 0.4) is 0 Å². The first-order chi connectivity index (χ1) is 9.08. The van der Waals surface area contributed by atoms with Gasteiger partial charge in [-0.2, -0.15) is 0 Å². The van der Waals surface area contributed by atoms with Gasteiger partial charge < -0.3 is 10.6 Å². The molecule has 1 saturated heterocycles. The van der Waals surface area contributed by atoms with Crippen molar-refractivity contribution < 1.29 is 13.6 Å². The number of hydrogen-bond donors (Lipinski definition) is 2. The van der Waals surface area contributed by atoms with Gasteiger partial charge in [-0.3, -0.25) is 4.79 Å². The van der Waals surface area contributed by atoms with Gasteiger partial charge in [0.2, 0.25) is 0 Å². The zero-order chi connectivity index (χ0) is 13.8. The zero-order valence-corrected chi connectivity index (χ0v) is 10.9. The molecule has 104 valence electrons. The molecule has 0 aliphatic carbocycles. The van der Waals surface area contributed by atoms with Crippen molar-refractivity contribution in [2.24, 2.45) is 0 Å². The molecule has 19 heavy (non-hydrogen) atoms. The third-order valence-electron chi connectivity index (χ3n) is 3.48. The minimum absolute atomic E-state index is 0.115. The molecule has 3 nitrogen and oxygen atoms in total. The Hall–Kier alpha value is -1.49. The van der Waals surface area contributed by atoms with E-state index in [4.69, 9.17) is 0 Å². The topological polar surface area (TPSA) is 41.1 Å². The zero-order valence-electron chi connectivity index (χ0n) is 10.9. The van der Waals surface area contributed by atoms with E-state index in [0.717, 1.165) is 44.0 Å². The first-order valence-electron chi connectivity index (χ1n) is 6.57. The summed E-state index contributed by atoms with van der Waals surface area (Å²) in [6.07, 6.45) is 3.23. The summed E-state index contributed by atoms with van der Waals surface area (Å²) in [4.78, 5) is 11.9. The van der Waals surface area contributed by atoms with Gasteiger partial charge in [-0.25, -0.2) is 8.78 Å². The smallest absolute Gasteiger partial charge is 0.254 e. The second-order valence-electron chi connectivity index (χ2n) is 4.94. The lowest BCUT2D eigenvalue weighted by molar-refractivity contribution is 0.0923. The van der Waals surface area contributed by atoms with Crippen LogP contribution in [0.2, 0.25) is 0 Å². The average Bonchev–Trinajstić information content (AvgIpc) is 2.42. The molecule has 2 unspecified atom stereocenters. The van der Waals surface area contributed by atoms with Crippen LogP contribution in [0.1, 0.15) is 36.5 Å². The first-order valence-corrected chi connectivity index (χ1v) is 6.57. The van der Waals surface area contributed by atoms with Crippen molar-refractivity contribution in [2.75, 3.05) is 6.54 Å². The first kappa shape index (κ1) is 13.9. The SMILES string of the molecule is CC(NC(=O)c1cc(F)ccc1F)C1CCCCN1. The van der Waals surface area contributed by atoms with Gasteiger partial charge in [0.05, 0.1) is 5.56 Å². The molecule has 1 aromatic rings. The maximum absolute atomic E-state index is 13.5. The Morgan fingerprint density at radius 1 is 1.42 bits per heavy atom. The summed E-state index contributed by atoms with van der Waals surface area (Å²) in [5, 5.41) is 6.04. The standard InChI is InChI=1S/C14H18F2N2O/c1-9(13-4-2-3-7-17-13)18-14(19)11-8-10(15)5-6-12(11)16/h5-6,8-9,13,17H,2-4,7H2,1H3,(H,18,19). The third-order valence-corrected chi connectivity index (χ3v) is 3.48. The predicted octanol–water partition coefficient (Wildman–Crippen LogP) is 2.23. The van der Waals surface area contributed by atoms with Gasteiger partial charge in [0.25, 0.3) is 5.91 Å². The number of carbonyl (C=O) groups is 1. The lowest BCUT2D eigenvalue weighted by atomic mass is 9.99. The van der Waals surface area contributed by atoms with Crippen molar-refractivity contribution in [3.05, 3.63) is 35.4 Å². The lowest BCUT2D eigenvalue weighted by Crippen LogP contribution is -2.50. The fraction of sp³-hybridized carbons (Fsp3) is 0.500. The number of carbonyl (C=O) groups excluding carboxylic acids is 1. The van der Waals surface area contributed by atoms with Gasteiger partial charge in [0.1, 0.15) is 11.6 Å². The predicted molar refractivity (Wildman–Crippen MR) is 68.9 cm³/mol. The maximum atomic E-state index is 13.5. The van der Waals surface area contributed by atoms with Crippen molar-refractivity contribution in [3.63, 3.8) is 0 Å². The Bertz CT molecular complexity index is 459. The number of rotatable bonds is 3. The van der Waals surface area contributed by atoms with Crippen LogP contribution in [-0.2, 0) is 0 Å². The average molecular weight is 268 g/mol. The van der Waals surface area contributed by atoms with Crippen LogP contribution in [0, 0.1) is 11.6 Å². The summed E-state index contributed by atoms with van der Waals surface area (Å²) in [6.45, 7) is 2.80. The second-order valence-corrected chi connectivity index (χ2v) is 4.94. The Kier molecular flexibility index (Phi) is 4.47. The van der Waals surface area contributed by atoms with Crippen molar-refractivity contribution in [2.45, 2.75) is 38.3 Å². The van der Waals surface area contributed by atoms with Gasteiger partial charge in [-0.05, 0) is 44.5 Å². The van der Waals surface area contributed by atoms with E-state index in [1.165, 1.54) is 0 Å². The van der Waals surface area contributed by atoms with E-state index in [1.54, 1.807) is 0 Å². The highest BCUT2D eigenvalue weighted by Crippen LogP contribution is 2.13. The van der Waals surface area contributed by atoms with E-state index < -0.39 is 17.5 Å². The summed E-state index contributed by atoms with van der Waals surface area (Å²) >= 11 is 0. The van der Waals surface area contributed by atoms with E-state index in [-0.39, 0.29) is 17.6 Å². The fourth-order valence-corrected chi connectivity index (χ4v) is 2.36. The molecular formula is C14H18F2N2O. The molecule has 0 spiro atoms. The number of nitrogens with one attached hydrogen (secondary N) is 2. The van der Waals surface area contributed by atoms with E-state index in [9.17, 15) is 13.6 Å². The van der Waals surface area contributed by atoms with Gasteiger partial charge >= 0.3 is 0 Å². The van der Waals surface area contributed by atoms with Crippen LogP contribution in [0.4, 0.5) is 8.78 Å². The summed E-state index contributed by atoms with van der Waals surface area (Å²) in [7, 11) is 0. The molecule has 1 aliphatic rings. The largest absolute Gasteiger partial charge is 0.348 e. The summed E-state index contributed by atoms with van der Waals surface area (Å²) in [5.41, 5.74) is -0.248. The van der Waals surface area contributed by atoms with E-state index in [1.807, 2.05) is 6.92 Å². The molecule has 1 aromatic carbocycles. The molecule has 5 heteroatoms. The molecule has 0 saturated carbocycles. The van der Waals surface area contributed by atoms with Crippen LogP contribution >= 0.6 is 0 Å². The maximum Gasteiger partial charge on any atom is 0.254 e. The van der Waals surface area contributed by atoms with Crippen LogP contribution in [0.25, 0.3) is 0 Å². The van der Waals surface area contributed by atoms with Gasteiger partial charge in [-0.15, -0.1) is 0 Å². The van der Waals surface area contributed by atoms with Crippen LogP contribution in [-0.4, -0.2) is 24.5 Å². The number of hydrogen-bond acceptors (Lipinski definition) is 2. The molecule has 1 amide bonds. The van der Waals surface area contributed by atoms with Crippen molar-refractivity contribution in [1.82, 2.24) is 10.6 Å². The quantitative estimate of drug-likeness (QED) is 0.882. The summed E-state index contributed by atoms with van der Waals surface area (Å²) < 4.78 is 26.5. The molecule has 1 heterocycles. The highest BCUT2D eigenvalue weighted by Gasteiger charge is 2.22. The highest BCUT2D eigenvalue weighted by atomic mass is 19.1. The molecular weight excluding hydrogens is 250 g/mol. The van der Waals surface area contributed by atoms with Gasteiger partial charge in [0.15, 0.2) is 0 Å². The number of halogens is 2. The van der Waals surface area contributed by atoms with E-state index >= 15 is 0 Å². The Morgan fingerprint density at radius 3 is 2.89 bits per heavy atom. The molecule has 0 bridgehead atoms. The molecule has 1 aliphatic heterocycles. The van der Waals surface area contributed by atoms with Crippen molar-refractivity contribution in [3.8, 4) is 0 Å². The molecule has 0 aromatic heterocycles. The van der Waals surface area contributed by atoms with Crippen LogP contribution < -0.4 is 10.6 Å². The second kappa shape index (κ2) is 6.10. The third kappa shape index (κ3) is 3.50. The number of amides is 1. The van der Waals surface area contributed by atoms with Crippen LogP contribution in [0.15, 0.2) is 18.2 Å². The van der Waals surface area contributed by atoms with Crippen molar-refractivity contribution >= 4 is 5.91 Å². The Morgan fingerprint density at radius 2 is 2.21 bits per heavy atom. The lowest BCUT2D eigenvalue weighted by Gasteiger charge is -2.29. The monoisotopic (exact) mass is 268 g/mol. The molecule has 0 radical (unpaired) electrons. The highest BCUT2D eigenvalue weighted by molar-refractivity contribution is 5.94. The van der Waals surface area contributed by atoms with E-state index in [0.29, 0.717) is 0 Å². The molecule has 1 fully saturated rings. The van der Waals surface area contributed by atoms with Gasteiger partial charge in [-0.1, -0.05) is 6.42 Å². The van der Waals surface area contributed by atoms with E-state index in [2.05, 4.69) is 10.6 Å². The number of piperidine rings is 1. The summed E-state index contributed by atoms with van der Waals surface area (Å²) in [6, 6.07) is 2.96. The normalized spacial score (nSPS) is 20.9. The molecule has 2 rings (SSSR count). The summed E-state index contributed by atoms with van der Waals surface area (Å²) in [5.74, 6) is -1.89. The fourth-order valence-electron chi connectivity index (χ4n) is 2.36. The van der Waals surface area contributed by atoms with Crippen LogP contribution in [0.5, 0.6) is 0 Å².